The molecule has 1 unspecified atom stereocenters. The molecule has 1 aliphatic carbocycles. The quantitative estimate of drug-likeness (QED) is 0.118. The number of benzene rings is 3. The van der Waals surface area contributed by atoms with Crippen LogP contribution in [0.25, 0.3) is 33.3 Å². The van der Waals surface area contributed by atoms with Crippen molar-refractivity contribution in [1.29, 1.82) is 0 Å². The van der Waals surface area contributed by atoms with Crippen molar-refractivity contribution in [3.63, 3.8) is 0 Å². The van der Waals surface area contributed by atoms with Crippen molar-refractivity contribution >= 4 is 21.8 Å². The third kappa shape index (κ3) is 7.38. The standard InChI is InChI=1S/C48H56N4O.Pt/c1-29(2)33-22-23-49-44(26-33)51-42-19-14-13-16-38(42)39-21-20-36(28-43(39)51)53-37-25-34(30(3)4)24-35(27-37)52-32(6)45(31(5)50-52)46-40(47(7,8)9)17-15-18-41(46)48(10,11)12;/h13-14,16-17,19-26,29-30,41,46H,15,18H2,1-12H3;/q-2;+2/t41-,46?;/m0./s1. The number of allylic oxidation sites excluding steroid dienone is 2. The van der Waals surface area contributed by atoms with Crippen molar-refractivity contribution < 1.29 is 25.8 Å². The van der Waals surface area contributed by atoms with E-state index in [1.807, 2.05) is 12.3 Å². The Kier molecular flexibility index (Phi) is 11.0. The minimum Gasteiger partial charge on any atom is -0.509 e. The van der Waals surface area contributed by atoms with Gasteiger partial charge in [0.25, 0.3) is 0 Å². The predicted octanol–water partition coefficient (Wildman–Crippen LogP) is 13.1. The third-order valence-electron chi connectivity index (χ3n) is 11.4. The Bertz CT molecular complexity index is 2340. The van der Waals surface area contributed by atoms with Crippen molar-refractivity contribution in [3.05, 3.63) is 119 Å². The Balaban J connectivity index is 0.00000497. The van der Waals surface area contributed by atoms with Gasteiger partial charge in [-0.1, -0.05) is 105 Å². The van der Waals surface area contributed by atoms with Gasteiger partial charge in [0.1, 0.15) is 5.82 Å². The molecule has 0 fully saturated rings. The SMILES string of the molecule is Cc1nn(-c2[c-]c(Oc3[c-]c4c(cc3)c3ccccc3n4-c3cc(C(C)C)ccn3)cc(C(C)C)c2)c(C)c1C1C(C(C)(C)C)=CCC[C@@H]1C(C)(C)C.[Pt+2]. The van der Waals surface area contributed by atoms with E-state index >= 15 is 0 Å². The summed E-state index contributed by atoms with van der Waals surface area (Å²) in [5.74, 6) is 3.67. The topological polar surface area (TPSA) is 44.9 Å². The van der Waals surface area contributed by atoms with Crippen LogP contribution in [-0.4, -0.2) is 19.3 Å². The summed E-state index contributed by atoms with van der Waals surface area (Å²) in [7, 11) is 0. The molecule has 7 rings (SSSR count). The molecule has 0 bridgehead atoms. The largest absolute Gasteiger partial charge is 2.00 e. The zero-order valence-electron chi connectivity index (χ0n) is 34.2. The maximum absolute atomic E-state index is 6.71. The van der Waals surface area contributed by atoms with E-state index in [2.05, 4.69) is 165 Å². The summed E-state index contributed by atoms with van der Waals surface area (Å²) < 4.78 is 11.0. The first-order valence-corrected chi connectivity index (χ1v) is 19.5. The van der Waals surface area contributed by atoms with Crippen molar-refractivity contribution in [2.75, 3.05) is 0 Å². The molecule has 3 aromatic carbocycles. The number of aromatic nitrogens is 4. The van der Waals surface area contributed by atoms with Gasteiger partial charge < -0.3 is 9.30 Å². The van der Waals surface area contributed by atoms with Crippen molar-refractivity contribution in [3.8, 4) is 23.0 Å². The van der Waals surface area contributed by atoms with E-state index in [1.54, 1.807) is 0 Å². The van der Waals surface area contributed by atoms with Gasteiger partial charge in [-0.15, -0.1) is 41.3 Å². The zero-order valence-corrected chi connectivity index (χ0v) is 36.4. The van der Waals surface area contributed by atoms with Crippen molar-refractivity contribution in [1.82, 2.24) is 19.3 Å². The van der Waals surface area contributed by atoms with Crippen LogP contribution in [-0.2, 0) is 21.1 Å². The summed E-state index contributed by atoms with van der Waals surface area (Å²) in [5, 5.41) is 7.52. The molecule has 3 heterocycles. The zero-order chi connectivity index (χ0) is 38.0. The summed E-state index contributed by atoms with van der Waals surface area (Å²) >= 11 is 0. The summed E-state index contributed by atoms with van der Waals surface area (Å²) in [6, 6.07) is 28.5. The number of ether oxygens (including phenoxy) is 1. The van der Waals surface area contributed by atoms with Gasteiger partial charge in [-0.3, -0.25) is 4.68 Å². The first kappa shape index (κ1) is 39.7. The van der Waals surface area contributed by atoms with E-state index in [9.17, 15) is 0 Å². The van der Waals surface area contributed by atoms with Crippen LogP contribution in [0.4, 0.5) is 0 Å². The second kappa shape index (κ2) is 14.9. The Morgan fingerprint density at radius 1 is 0.815 bits per heavy atom. The molecular weight excluding hydrogens is 844 g/mol. The molecule has 0 saturated heterocycles. The molecule has 6 aromatic rings. The molecule has 5 nitrogen and oxygen atoms in total. The number of hydrogen-bond donors (Lipinski definition) is 0. The molecule has 0 amide bonds. The number of para-hydroxylation sites is 1. The van der Waals surface area contributed by atoms with Crippen molar-refractivity contribution in [2.45, 2.75) is 114 Å². The van der Waals surface area contributed by atoms with Gasteiger partial charge in [0.15, 0.2) is 0 Å². The smallest absolute Gasteiger partial charge is 0.509 e. The average molecular weight is 900 g/mol. The molecule has 54 heavy (non-hydrogen) atoms. The fourth-order valence-corrected chi connectivity index (χ4v) is 8.59. The van der Waals surface area contributed by atoms with Gasteiger partial charge >= 0.3 is 21.1 Å². The van der Waals surface area contributed by atoms with E-state index in [0.29, 0.717) is 29.3 Å². The van der Waals surface area contributed by atoms with Crippen LogP contribution in [0, 0.1) is 42.7 Å². The molecule has 0 aliphatic heterocycles. The minimum atomic E-state index is 0. The van der Waals surface area contributed by atoms with Gasteiger partial charge in [-0.05, 0) is 90.1 Å². The van der Waals surface area contributed by atoms with Gasteiger partial charge in [-0.25, -0.2) is 4.98 Å². The molecule has 1 aliphatic rings. The van der Waals surface area contributed by atoms with Gasteiger partial charge in [0.2, 0.25) is 0 Å². The van der Waals surface area contributed by atoms with Crippen LogP contribution in [0.3, 0.4) is 0 Å². The van der Waals surface area contributed by atoms with Crippen LogP contribution in [0.5, 0.6) is 11.5 Å². The van der Waals surface area contributed by atoms with Gasteiger partial charge in [-0.2, -0.15) is 11.2 Å². The van der Waals surface area contributed by atoms with E-state index in [-0.39, 0.29) is 37.8 Å². The number of nitrogens with zero attached hydrogens (tertiary/aromatic N) is 4. The first-order chi connectivity index (χ1) is 25.0. The molecule has 0 spiro atoms. The normalized spacial score (nSPS) is 16.7. The summed E-state index contributed by atoms with van der Waals surface area (Å²) in [6.45, 7) is 27.6. The Hall–Kier alpha value is -3.95. The fourth-order valence-electron chi connectivity index (χ4n) is 8.59. The molecule has 0 radical (unpaired) electrons. The Labute approximate surface area is 337 Å². The summed E-state index contributed by atoms with van der Waals surface area (Å²) in [5.41, 5.74) is 10.7. The maximum Gasteiger partial charge on any atom is 2.00 e. The number of aryl methyl sites for hydroxylation is 1. The van der Waals surface area contributed by atoms with E-state index in [4.69, 9.17) is 14.8 Å². The average Bonchev–Trinajstić information content (AvgIpc) is 3.59. The molecule has 3 aromatic heterocycles. The van der Waals surface area contributed by atoms with Crippen molar-refractivity contribution in [2.24, 2.45) is 16.7 Å². The number of rotatable bonds is 7. The second-order valence-electron chi connectivity index (χ2n) is 17.9. The van der Waals surface area contributed by atoms with Crippen LogP contribution >= 0.6 is 0 Å². The third-order valence-corrected chi connectivity index (χ3v) is 11.4. The Morgan fingerprint density at radius 3 is 2.22 bits per heavy atom. The predicted molar refractivity (Wildman–Crippen MR) is 220 cm³/mol. The molecule has 0 N–H and O–H groups in total. The number of hydrogen-bond acceptors (Lipinski definition) is 3. The van der Waals surface area contributed by atoms with Gasteiger partial charge in [0.05, 0.1) is 5.69 Å². The first-order valence-electron chi connectivity index (χ1n) is 19.5. The summed E-state index contributed by atoms with van der Waals surface area (Å²) in [4.78, 5) is 4.82. The molecule has 0 saturated carbocycles. The van der Waals surface area contributed by atoms with Crippen LogP contribution in [0.2, 0.25) is 0 Å². The summed E-state index contributed by atoms with van der Waals surface area (Å²) in [6.07, 6.45) is 6.74. The van der Waals surface area contributed by atoms with E-state index in [1.165, 1.54) is 34.4 Å². The molecule has 6 heteroatoms. The monoisotopic (exact) mass is 899 g/mol. The van der Waals surface area contributed by atoms with Crippen LogP contribution in [0.1, 0.15) is 128 Å². The fraction of sp³-hybridized carbons (Fsp3) is 0.417. The maximum atomic E-state index is 6.71. The number of fused-ring (bicyclic) bond motifs is 3. The minimum absolute atomic E-state index is 0. The molecule has 2 atom stereocenters. The van der Waals surface area contributed by atoms with E-state index < -0.39 is 0 Å². The molecular formula is C48H56N4OPt. The Morgan fingerprint density at radius 2 is 1.54 bits per heavy atom. The van der Waals surface area contributed by atoms with Crippen LogP contribution in [0.15, 0.2) is 78.5 Å². The number of pyridine rings is 1. The molecule has 284 valence electrons. The van der Waals surface area contributed by atoms with E-state index in [0.717, 1.165) is 45.4 Å². The second-order valence-corrected chi connectivity index (χ2v) is 17.9. The van der Waals surface area contributed by atoms with Crippen LogP contribution < -0.4 is 4.74 Å². The van der Waals surface area contributed by atoms with Gasteiger partial charge in [0, 0.05) is 40.4 Å².